The molecule has 1 saturated heterocycles. The molecular formula is C7HF14N. The van der Waals surface area contributed by atoms with Crippen molar-refractivity contribution in [2.75, 3.05) is 0 Å². The summed E-state index contributed by atoms with van der Waals surface area (Å²) in [6, 6.07) is -22.0. The molecule has 22 heavy (non-hydrogen) atoms. The zero-order valence-corrected chi connectivity index (χ0v) is 9.32. The molecule has 0 saturated carbocycles. The molecule has 0 N–H and O–H groups in total. The molecule has 0 amide bonds. The molecule has 0 atom stereocenters. The second kappa shape index (κ2) is 4.29. The van der Waals surface area contributed by atoms with Crippen LogP contribution in [0, 0.1) is 0 Å². The Morgan fingerprint density at radius 3 is 1.14 bits per heavy atom. The van der Waals surface area contributed by atoms with Gasteiger partial charge in [0.25, 0.3) is 0 Å². The second-order valence-electron chi connectivity index (χ2n) is 4.03. The molecule has 0 aromatic rings. The van der Waals surface area contributed by atoms with Crippen LogP contribution in [0.25, 0.3) is 0 Å². The van der Waals surface area contributed by atoms with Crippen LogP contribution in [0.2, 0.25) is 0 Å². The molecular weight excluding hydrogens is 364 g/mol. The van der Waals surface area contributed by atoms with E-state index in [1.54, 1.807) is 0 Å². The third-order valence-corrected chi connectivity index (χ3v) is 2.67. The third kappa shape index (κ3) is 1.76. The highest BCUT2D eigenvalue weighted by Crippen LogP contribution is 2.66. The maximum Gasteiger partial charge on any atom is 0.394 e. The number of rotatable bonds is 3. The summed E-state index contributed by atoms with van der Waals surface area (Å²) in [5.74, 6) is -21.5. The Morgan fingerprint density at radius 1 is 0.636 bits per heavy atom. The predicted molar refractivity (Wildman–Crippen MR) is 37.5 cm³/mol. The average Bonchev–Trinajstić information content (AvgIpc) is 2.32. The lowest BCUT2D eigenvalue weighted by Crippen LogP contribution is -2.67. The fourth-order valence-electron chi connectivity index (χ4n) is 1.47. The smallest absolute Gasteiger partial charge is 0.203 e. The van der Waals surface area contributed by atoms with Crippen LogP contribution in [0.5, 0.6) is 0 Å². The normalized spacial score (nSPS) is 27.4. The summed E-state index contributed by atoms with van der Waals surface area (Å²) >= 11 is 0. The van der Waals surface area contributed by atoms with Crippen molar-refractivity contribution in [3.63, 3.8) is 0 Å². The molecule has 0 bridgehead atoms. The van der Waals surface area contributed by atoms with Crippen molar-refractivity contribution in [3.8, 4) is 0 Å². The van der Waals surface area contributed by atoms with Crippen LogP contribution < -0.4 is 0 Å². The lowest BCUT2D eigenvalue weighted by Gasteiger charge is -2.37. The zero-order valence-electron chi connectivity index (χ0n) is 9.32. The van der Waals surface area contributed by atoms with Gasteiger partial charge in [0.1, 0.15) is 0 Å². The molecule has 1 rings (SSSR count). The highest BCUT2D eigenvalue weighted by atomic mass is 19.4. The van der Waals surface area contributed by atoms with E-state index in [9.17, 15) is 61.5 Å². The SMILES string of the molecule is FC(F)C(F)(F)C(F)(F)N1C(F)(F)C(F)(F)C(F)(F)C1(F)F. The lowest BCUT2D eigenvalue weighted by molar-refractivity contribution is -0.421. The maximum absolute atomic E-state index is 12.9. The fourth-order valence-corrected chi connectivity index (χ4v) is 1.47. The molecule has 0 radical (unpaired) electrons. The van der Waals surface area contributed by atoms with Crippen LogP contribution in [0.3, 0.4) is 0 Å². The van der Waals surface area contributed by atoms with Gasteiger partial charge in [-0.1, -0.05) is 0 Å². The number of hydrogen-bond donors (Lipinski definition) is 0. The van der Waals surface area contributed by atoms with Gasteiger partial charge in [0.15, 0.2) is 0 Å². The number of hydrogen-bond acceptors (Lipinski definition) is 1. The second-order valence-corrected chi connectivity index (χ2v) is 4.03. The summed E-state index contributed by atoms with van der Waals surface area (Å²) in [7, 11) is 0. The minimum Gasteiger partial charge on any atom is -0.203 e. The van der Waals surface area contributed by atoms with Crippen LogP contribution in [-0.4, -0.2) is 47.2 Å². The Morgan fingerprint density at radius 2 is 0.909 bits per heavy atom. The molecule has 132 valence electrons. The molecule has 1 heterocycles. The summed E-state index contributed by atoms with van der Waals surface area (Å²) in [6.45, 7) is 0. The largest absolute Gasteiger partial charge is 0.394 e. The summed E-state index contributed by atoms with van der Waals surface area (Å²) in [5, 5.41) is 0. The molecule has 15 heteroatoms. The van der Waals surface area contributed by atoms with E-state index in [2.05, 4.69) is 0 Å². The summed E-state index contributed by atoms with van der Waals surface area (Å²) in [4.78, 5) is -3.88. The Hall–Kier alpha value is -1.02. The number of alkyl halides is 14. The number of halogens is 14. The quantitative estimate of drug-likeness (QED) is 0.534. The molecule has 0 aromatic carbocycles. The van der Waals surface area contributed by atoms with E-state index >= 15 is 0 Å². The van der Waals surface area contributed by atoms with Gasteiger partial charge in [-0.25, -0.2) is 8.78 Å². The summed E-state index contributed by atoms with van der Waals surface area (Å²) in [5.41, 5.74) is 0. The van der Waals surface area contributed by atoms with Gasteiger partial charge in [-0.3, -0.25) is 0 Å². The maximum atomic E-state index is 12.9. The van der Waals surface area contributed by atoms with Crippen molar-refractivity contribution in [2.45, 2.75) is 42.3 Å². The van der Waals surface area contributed by atoms with Crippen LogP contribution in [-0.2, 0) is 0 Å². The minimum absolute atomic E-state index is 3.88. The predicted octanol–water partition coefficient (Wildman–Crippen LogP) is 4.25. The van der Waals surface area contributed by atoms with E-state index in [0.717, 1.165) is 0 Å². The fraction of sp³-hybridized carbons (Fsp3) is 1.00. The van der Waals surface area contributed by atoms with Crippen molar-refractivity contribution >= 4 is 0 Å². The molecule has 1 aliphatic rings. The van der Waals surface area contributed by atoms with E-state index in [1.165, 1.54) is 0 Å². The highest BCUT2D eigenvalue weighted by Gasteiger charge is 2.98. The van der Waals surface area contributed by atoms with Gasteiger partial charge >= 0.3 is 42.3 Å². The van der Waals surface area contributed by atoms with Gasteiger partial charge in [-0.15, -0.1) is 4.90 Å². The monoisotopic (exact) mass is 365 g/mol. The van der Waals surface area contributed by atoms with Gasteiger partial charge in [0, 0.05) is 0 Å². The lowest BCUT2D eigenvalue weighted by atomic mass is 10.2. The van der Waals surface area contributed by atoms with Crippen molar-refractivity contribution in [2.24, 2.45) is 0 Å². The summed E-state index contributed by atoms with van der Waals surface area (Å²) in [6.07, 6.45) is -5.60. The minimum atomic E-state index is -7.43. The van der Waals surface area contributed by atoms with Gasteiger partial charge in [-0.2, -0.15) is 52.7 Å². The molecule has 0 aliphatic carbocycles. The molecule has 0 spiro atoms. The average molecular weight is 365 g/mol. The van der Waals surface area contributed by atoms with Crippen LogP contribution in [0.4, 0.5) is 61.5 Å². The van der Waals surface area contributed by atoms with E-state index in [1.807, 2.05) is 0 Å². The zero-order chi connectivity index (χ0) is 18.2. The third-order valence-electron chi connectivity index (χ3n) is 2.67. The Bertz CT molecular complexity index is 426. The first-order valence-electron chi connectivity index (χ1n) is 4.66. The molecule has 1 aliphatic heterocycles. The molecule has 0 aromatic heterocycles. The van der Waals surface area contributed by atoms with Gasteiger partial charge in [0.2, 0.25) is 0 Å². The van der Waals surface area contributed by atoms with E-state index in [-0.39, 0.29) is 0 Å². The van der Waals surface area contributed by atoms with E-state index in [0.29, 0.717) is 0 Å². The Balaban J connectivity index is 3.66. The van der Waals surface area contributed by atoms with Crippen LogP contribution in [0.1, 0.15) is 0 Å². The first-order chi connectivity index (χ1) is 9.31. The Kier molecular flexibility index (Phi) is 3.71. The van der Waals surface area contributed by atoms with Gasteiger partial charge in [-0.05, 0) is 0 Å². The first kappa shape index (κ1) is 19.0. The Labute approximate surface area is 110 Å². The van der Waals surface area contributed by atoms with Crippen LogP contribution in [0.15, 0.2) is 0 Å². The van der Waals surface area contributed by atoms with Crippen molar-refractivity contribution in [3.05, 3.63) is 0 Å². The molecule has 1 fully saturated rings. The topological polar surface area (TPSA) is 3.24 Å². The number of likely N-dealkylation sites (tertiary alicyclic amines) is 1. The number of nitrogens with zero attached hydrogens (tertiary/aromatic N) is 1. The van der Waals surface area contributed by atoms with Crippen LogP contribution >= 0.6 is 0 Å². The molecule has 0 unspecified atom stereocenters. The van der Waals surface area contributed by atoms with Crippen molar-refractivity contribution in [1.82, 2.24) is 4.90 Å². The van der Waals surface area contributed by atoms with E-state index in [4.69, 9.17) is 0 Å². The van der Waals surface area contributed by atoms with E-state index < -0.39 is 47.2 Å². The molecule has 1 nitrogen and oxygen atoms in total. The first-order valence-corrected chi connectivity index (χ1v) is 4.66. The van der Waals surface area contributed by atoms with Gasteiger partial charge in [0.05, 0.1) is 0 Å². The highest BCUT2D eigenvalue weighted by molar-refractivity contribution is 5.15. The van der Waals surface area contributed by atoms with Gasteiger partial charge < -0.3 is 0 Å². The van der Waals surface area contributed by atoms with Crippen molar-refractivity contribution < 1.29 is 61.5 Å². The summed E-state index contributed by atoms with van der Waals surface area (Å²) < 4.78 is 176. The van der Waals surface area contributed by atoms with Crippen molar-refractivity contribution in [1.29, 1.82) is 0 Å². The standard InChI is InChI=1S/C7HF14N/c8-1(9)2(10,11)5(16,17)22-6(18,19)3(12,13)4(14,15)7(22,20)21/h1H.